The lowest BCUT2D eigenvalue weighted by molar-refractivity contribution is -0.142. The maximum atomic E-state index is 12.3. The van der Waals surface area contributed by atoms with Crippen molar-refractivity contribution in [2.45, 2.75) is 19.4 Å². The Bertz CT molecular complexity index is 412. The molecule has 2 saturated heterocycles. The first kappa shape index (κ1) is 13.6. The maximum absolute atomic E-state index is 12.3. The van der Waals surface area contributed by atoms with Gasteiger partial charge in [-0.15, -0.1) is 0 Å². The van der Waals surface area contributed by atoms with Gasteiger partial charge in [0.25, 0.3) is 0 Å². The Morgan fingerprint density at radius 3 is 2.53 bits per heavy atom. The second-order valence-electron chi connectivity index (χ2n) is 5.26. The molecule has 7 nitrogen and oxygen atoms in total. The van der Waals surface area contributed by atoms with Crippen LogP contribution in [0.3, 0.4) is 0 Å². The number of carboxylic acid groups (broad SMARTS) is 1. The summed E-state index contributed by atoms with van der Waals surface area (Å²) in [5, 5.41) is 9.21. The number of amides is 3. The van der Waals surface area contributed by atoms with Gasteiger partial charge in [-0.25, -0.2) is 9.59 Å². The smallest absolute Gasteiger partial charge is 0.326 e. The highest BCUT2D eigenvalue weighted by atomic mass is 16.4. The predicted octanol–water partition coefficient (Wildman–Crippen LogP) is -0.325. The molecule has 2 aliphatic rings. The van der Waals surface area contributed by atoms with Crippen LogP contribution in [0.15, 0.2) is 0 Å². The van der Waals surface area contributed by atoms with E-state index in [1.807, 2.05) is 6.92 Å². The molecule has 3 amide bonds. The summed E-state index contributed by atoms with van der Waals surface area (Å²) in [7, 11) is 1.70. The van der Waals surface area contributed by atoms with E-state index in [0.717, 1.165) is 0 Å². The molecule has 0 aliphatic carbocycles. The van der Waals surface area contributed by atoms with Crippen LogP contribution in [-0.2, 0) is 9.59 Å². The van der Waals surface area contributed by atoms with Crippen molar-refractivity contribution in [3.63, 3.8) is 0 Å². The van der Waals surface area contributed by atoms with Gasteiger partial charge in [-0.3, -0.25) is 4.79 Å². The topological polar surface area (TPSA) is 81.2 Å². The second-order valence-corrected chi connectivity index (χ2v) is 5.26. The minimum absolute atomic E-state index is 0.0343. The number of likely N-dealkylation sites (tertiary alicyclic amines) is 1. The molecule has 0 spiro atoms. The molecule has 1 N–H and O–H groups in total. The molecule has 19 heavy (non-hydrogen) atoms. The molecular formula is C12H19N3O4. The van der Waals surface area contributed by atoms with Crippen molar-refractivity contribution >= 4 is 17.9 Å². The van der Waals surface area contributed by atoms with E-state index in [2.05, 4.69) is 0 Å². The molecule has 0 aromatic heterocycles. The Labute approximate surface area is 111 Å². The van der Waals surface area contributed by atoms with E-state index in [1.165, 1.54) is 9.80 Å². The Hall–Kier alpha value is -1.79. The van der Waals surface area contributed by atoms with Gasteiger partial charge in [-0.1, -0.05) is 6.92 Å². The van der Waals surface area contributed by atoms with Crippen LogP contribution in [0.2, 0.25) is 0 Å². The first-order valence-corrected chi connectivity index (χ1v) is 6.44. The maximum Gasteiger partial charge on any atom is 0.326 e. The van der Waals surface area contributed by atoms with Crippen LogP contribution in [0.1, 0.15) is 13.3 Å². The highest BCUT2D eigenvalue weighted by molar-refractivity contribution is 5.88. The van der Waals surface area contributed by atoms with Gasteiger partial charge in [0.1, 0.15) is 12.6 Å². The van der Waals surface area contributed by atoms with Gasteiger partial charge in [0.15, 0.2) is 0 Å². The molecule has 0 radical (unpaired) electrons. The Kier molecular flexibility index (Phi) is 3.64. The Balaban J connectivity index is 2.07. The van der Waals surface area contributed by atoms with Crippen LogP contribution in [-0.4, -0.2) is 77.0 Å². The summed E-state index contributed by atoms with van der Waals surface area (Å²) in [6, 6.07) is -1.11. The van der Waals surface area contributed by atoms with Crippen LogP contribution in [0.4, 0.5) is 4.79 Å². The predicted molar refractivity (Wildman–Crippen MR) is 66.5 cm³/mol. The Morgan fingerprint density at radius 2 is 1.95 bits per heavy atom. The van der Waals surface area contributed by atoms with Gasteiger partial charge >= 0.3 is 12.0 Å². The summed E-state index contributed by atoms with van der Waals surface area (Å²) in [6.07, 6.45) is 0.685. The average Bonchev–Trinajstić information content (AvgIpc) is 2.74. The summed E-state index contributed by atoms with van der Waals surface area (Å²) >= 11 is 0. The molecule has 0 aromatic rings. The zero-order chi connectivity index (χ0) is 14.2. The van der Waals surface area contributed by atoms with Gasteiger partial charge in [0.05, 0.1) is 0 Å². The molecule has 106 valence electrons. The van der Waals surface area contributed by atoms with E-state index in [-0.39, 0.29) is 24.4 Å². The van der Waals surface area contributed by atoms with Crippen LogP contribution < -0.4 is 0 Å². The molecule has 2 unspecified atom stereocenters. The van der Waals surface area contributed by atoms with Gasteiger partial charge in [0, 0.05) is 26.7 Å². The normalized spacial score (nSPS) is 27.9. The zero-order valence-corrected chi connectivity index (χ0v) is 11.2. The fourth-order valence-corrected chi connectivity index (χ4v) is 2.64. The molecule has 2 fully saturated rings. The molecular weight excluding hydrogens is 250 g/mol. The molecule has 0 bridgehead atoms. The average molecular weight is 269 g/mol. The van der Waals surface area contributed by atoms with Crippen LogP contribution in [0.25, 0.3) is 0 Å². The summed E-state index contributed by atoms with van der Waals surface area (Å²) in [6.45, 7) is 3.26. The standard InChI is InChI=1S/C12H19N3O4/c1-8-3-4-15(10(8)11(17)18)12(19)14-6-5-13(2)9(16)7-14/h8,10H,3-7H2,1-2H3,(H,17,18). The van der Waals surface area contributed by atoms with E-state index in [9.17, 15) is 19.5 Å². The van der Waals surface area contributed by atoms with Crippen molar-refractivity contribution < 1.29 is 19.5 Å². The third kappa shape index (κ3) is 2.50. The molecule has 2 rings (SSSR count). The van der Waals surface area contributed by atoms with E-state index in [4.69, 9.17) is 0 Å². The van der Waals surface area contributed by atoms with Gasteiger partial charge < -0.3 is 19.8 Å². The minimum Gasteiger partial charge on any atom is -0.480 e. The molecule has 2 heterocycles. The lowest BCUT2D eigenvalue weighted by Crippen LogP contribution is -2.56. The van der Waals surface area contributed by atoms with Crippen molar-refractivity contribution in [1.82, 2.24) is 14.7 Å². The first-order valence-electron chi connectivity index (χ1n) is 6.44. The van der Waals surface area contributed by atoms with Gasteiger partial charge in [-0.2, -0.15) is 0 Å². The number of piperazine rings is 1. The highest BCUT2D eigenvalue weighted by Gasteiger charge is 2.42. The molecule has 7 heteroatoms. The van der Waals surface area contributed by atoms with E-state index in [1.54, 1.807) is 11.9 Å². The fourth-order valence-electron chi connectivity index (χ4n) is 2.64. The van der Waals surface area contributed by atoms with E-state index < -0.39 is 12.0 Å². The van der Waals surface area contributed by atoms with Crippen molar-refractivity contribution in [1.29, 1.82) is 0 Å². The third-order valence-electron chi connectivity index (χ3n) is 3.93. The summed E-state index contributed by atoms with van der Waals surface area (Å²) < 4.78 is 0. The number of hydrogen-bond acceptors (Lipinski definition) is 3. The largest absolute Gasteiger partial charge is 0.480 e. The number of likely N-dealkylation sites (N-methyl/N-ethyl adjacent to an activating group) is 1. The van der Waals surface area contributed by atoms with Crippen molar-refractivity contribution in [2.24, 2.45) is 5.92 Å². The van der Waals surface area contributed by atoms with Gasteiger partial charge in [0.2, 0.25) is 5.91 Å². The number of carbonyl (C=O) groups excluding carboxylic acids is 2. The van der Waals surface area contributed by atoms with Gasteiger partial charge in [-0.05, 0) is 12.3 Å². The zero-order valence-electron chi connectivity index (χ0n) is 11.2. The molecule has 2 atom stereocenters. The quantitative estimate of drug-likeness (QED) is 0.707. The number of aliphatic carboxylic acids is 1. The van der Waals surface area contributed by atoms with E-state index in [0.29, 0.717) is 26.1 Å². The SMILES string of the molecule is CC1CCN(C(=O)N2CCN(C)C(=O)C2)C1C(=O)O. The van der Waals surface area contributed by atoms with Crippen LogP contribution in [0, 0.1) is 5.92 Å². The number of hydrogen-bond donors (Lipinski definition) is 1. The fraction of sp³-hybridized carbons (Fsp3) is 0.750. The van der Waals surface area contributed by atoms with Crippen molar-refractivity contribution in [2.75, 3.05) is 33.2 Å². The number of nitrogens with zero attached hydrogens (tertiary/aromatic N) is 3. The first-order chi connectivity index (χ1) is 8.91. The highest BCUT2D eigenvalue weighted by Crippen LogP contribution is 2.25. The number of carboxylic acids is 1. The monoisotopic (exact) mass is 269 g/mol. The number of carbonyl (C=O) groups is 3. The lowest BCUT2D eigenvalue weighted by atomic mass is 10.0. The summed E-state index contributed by atoms with van der Waals surface area (Å²) in [5.41, 5.74) is 0. The number of urea groups is 1. The number of rotatable bonds is 1. The molecule has 0 saturated carbocycles. The van der Waals surface area contributed by atoms with Crippen molar-refractivity contribution in [3.8, 4) is 0 Å². The Morgan fingerprint density at radius 1 is 1.26 bits per heavy atom. The van der Waals surface area contributed by atoms with Crippen LogP contribution in [0.5, 0.6) is 0 Å². The summed E-state index contributed by atoms with van der Waals surface area (Å²) in [4.78, 5) is 39.6. The van der Waals surface area contributed by atoms with Crippen molar-refractivity contribution in [3.05, 3.63) is 0 Å². The lowest BCUT2D eigenvalue weighted by Gasteiger charge is -2.35. The third-order valence-corrected chi connectivity index (χ3v) is 3.93. The molecule has 0 aromatic carbocycles. The summed E-state index contributed by atoms with van der Waals surface area (Å²) in [5.74, 6) is -1.14. The molecule has 2 aliphatic heterocycles. The minimum atomic E-state index is -0.973. The van der Waals surface area contributed by atoms with E-state index >= 15 is 0 Å². The second kappa shape index (κ2) is 5.07. The van der Waals surface area contributed by atoms with Crippen LogP contribution >= 0.6 is 0 Å².